The van der Waals surface area contributed by atoms with E-state index >= 15 is 0 Å². The predicted octanol–water partition coefficient (Wildman–Crippen LogP) is 11.2. The molecule has 3 aromatic heterocycles. The first-order valence-electron chi connectivity index (χ1n) is 16.6. The van der Waals surface area contributed by atoms with E-state index in [4.69, 9.17) is 9.97 Å². The van der Waals surface area contributed by atoms with E-state index < -0.39 is 0 Å². The van der Waals surface area contributed by atoms with Crippen LogP contribution >= 0.6 is 0 Å². The fourth-order valence-corrected chi connectivity index (χ4v) is 8.30. The van der Waals surface area contributed by atoms with Crippen LogP contribution in [-0.2, 0) is 0 Å². The van der Waals surface area contributed by atoms with Crippen molar-refractivity contribution in [2.45, 2.75) is 12.8 Å². The van der Waals surface area contributed by atoms with Crippen molar-refractivity contribution in [2.75, 3.05) is 0 Å². The molecular formula is C44H28N4. The molecule has 0 spiro atoms. The number of rotatable bonds is 3. The molecule has 11 rings (SSSR count). The van der Waals surface area contributed by atoms with Gasteiger partial charge in [-0.1, -0.05) is 103 Å². The number of hydrogen-bond donors (Lipinski definition) is 0. The Hall–Kier alpha value is -6.26. The van der Waals surface area contributed by atoms with Crippen LogP contribution in [0, 0.1) is 0 Å². The third-order valence-electron chi connectivity index (χ3n) is 10.4. The Bertz CT molecular complexity index is 2840. The highest BCUT2D eigenvalue weighted by Gasteiger charge is 2.25. The Kier molecular flexibility index (Phi) is 5.19. The standard InChI is InChI=1S/C44H28N4/c1-4-19-38-31(14-1)32-15-2-5-20-39(32)47(38)30-22-23-34-33-16-3-6-21-40(33)48(41(34)25-30)29-13-7-12-28(24-29)44-45-26-37-35-17-8-10-27-11-9-18-36(42(27)35)43(37)46-44/h1-6,8-11,13-26H,7,12H2. The van der Waals surface area contributed by atoms with E-state index in [1.807, 2.05) is 6.20 Å². The molecule has 0 fully saturated rings. The zero-order valence-corrected chi connectivity index (χ0v) is 26.1. The Morgan fingerprint density at radius 1 is 0.542 bits per heavy atom. The Balaban J connectivity index is 1.09. The van der Waals surface area contributed by atoms with Crippen molar-refractivity contribution in [2.24, 2.45) is 0 Å². The second-order valence-corrected chi connectivity index (χ2v) is 12.9. The summed E-state index contributed by atoms with van der Waals surface area (Å²) in [5, 5.41) is 7.57. The Morgan fingerprint density at radius 3 is 1.92 bits per heavy atom. The molecule has 9 aromatic rings. The molecule has 2 aliphatic rings. The molecule has 0 saturated carbocycles. The quantitative estimate of drug-likeness (QED) is 0.199. The first kappa shape index (κ1) is 25.9. The van der Waals surface area contributed by atoms with Crippen LogP contribution in [0.1, 0.15) is 18.7 Å². The highest BCUT2D eigenvalue weighted by atomic mass is 15.0. The van der Waals surface area contributed by atoms with Gasteiger partial charge in [0.05, 0.1) is 27.8 Å². The van der Waals surface area contributed by atoms with Gasteiger partial charge in [0.2, 0.25) is 0 Å². The number of nitrogens with zero attached hydrogens (tertiary/aromatic N) is 4. The average Bonchev–Trinajstić information content (AvgIpc) is 3.78. The average molecular weight is 613 g/mol. The van der Waals surface area contributed by atoms with E-state index in [0.29, 0.717) is 0 Å². The molecule has 0 unspecified atom stereocenters. The Morgan fingerprint density at radius 2 is 1.19 bits per heavy atom. The summed E-state index contributed by atoms with van der Waals surface area (Å²) in [6.45, 7) is 0. The highest BCUT2D eigenvalue weighted by molar-refractivity contribution is 6.15. The number of hydrogen-bond acceptors (Lipinski definition) is 2. The topological polar surface area (TPSA) is 35.6 Å². The molecule has 0 bridgehead atoms. The Labute approximate surface area is 276 Å². The van der Waals surface area contributed by atoms with Crippen LogP contribution in [0.25, 0.3) is 93.7 Å². The van der Waals surface area contributed by atoms with Crippen LogP contribution in [-0.4, -0.2) is 19.1 Å². The van der Waals surface area contributed by atoms with Gasteiger partial charge in [0.25, 0.3) is 0 Å². The SMILES string of the molecule is C1=C(c2ncc3c(n2)-c2cccc4cccc-3c24)CCC=C1n1c2ccccc2c2ccc(-n3c4ccccc4c4ccccc43)cc21. The van der Waals surface area contributed by atoms with Gasteiger partial charge in [-0.15, -0.1) is 0 Å². The maximum atomic E-state index is 5.24. The van der Waals surface area contributed by atoms with Crippen LogP contribution < -0.4 is 0 Å². The van der Waals surface area contributed by atoms with Gasteiger partial charge in [-0.25, -0.2) is 9.97 Å². The summed E-state index contributed by atoms with van der Waals surface area (Å²) in [6, 6.07) is 46.1. The number of para-hydroxylation sites is 3. The molecule has 3 heterocycles. The van der Waals surface area contributed by atoms with E-state index in [2.05, 4.69) is 149 Å². The summed E-state index contributed by atoms with van der Waals surface area (Å²) in [5.41, 5.74) is 12.9. The normalized spacial score (nSPS) is 13.9. The minimum absolute atomic E-state index is 0.816. The third kappa shape index (κ3) is 3.49. The maximum Gasteiger partial charge on any atom is 0.155 e. The van der Waals surface area contributed by atoms with E-state index in [1.54, 1.807) is 0 Å². The summed E-state index contributed by atoms with van der Waals surface area (Å²) >= 11 is 0. The van der Waals surface area contributed by atoms with Crippen molar-refractivity contribution < 1.29 is 0 Å². The highest BCUT2D eigenvalue weighted by Crippen LogP contribution is 2.46. The van der Waals surface area contributed by atoms with E-state index in [0.717, 1.165) is 41.3 Å². The zero-order chi connectivity index (χ0) is 31.3. The summed E-state index contributed by atoms with van der Waals surface area (Å²) < 4.78 is 4.84. The summed E-state index contributed by atoms with van der Waals surface area (Å²) in [5.74, 6) is 0.816. The lowest BCUT2D eigenvalue weighted by Crippen LogP contribution is -2.03. The lowest BCUT2D eigenvalue weighted by atomic mass is 10.0. The minimum Gasteiger partial charge on any atom is -0.309 e. The van der Waals surface area contributed by atoms with Crippen molar-refractivity contribution >= 4 is 65.7 Å². The van der Waals surface area contributed by atoms with Crippen molar-refractivity contribution in [1.82, 2.24) is 19.1 Å². The van der Waals surface area contributed by atoms with Gasteiger partial charge in [-0.3, -0.25) is 0 Å². The third-order valence-corrected chi connectivity index (χ3v) is 10.4. The summed E-state index contributed by atoms with van der Waals surface area (Å²) in [7, 11) is 0. The predicted molar refractivity (Wildman–Crippen MR) is 199 cm³/mol. The molecule has 0 saturated heterocycles. The molecular weight excluding hydrogens is 585 g/mol. The van der Waals surface area contributed by atoms with E-state index in [9.17, 15) is 0 Å². The smallest absolute Gasteiger partial charge is 0.155 e. The van der Waals surface area contributed by atoms with E-state index in [-0.39, 0.29) is 0 Å². The number of allylic oxidation sites excluding steroid dienone is 4. The lowest BCUT2D eigenvalue weighted by molar-refractivity contribution is 0.997. The summed E-state index contributed by atoms with van der Waals surface area (Å²) in [6.07, 6.45) is 8.55. The van der Waals surface area contributed by atoms with Crippen LogP contribution in [0.2, 0.25) is 0 Å². The molecule has 224 valence electrons. The molecule has 0 amide bonds. The van der Waals surface area contributed by atoms with Gasteiger partial charge in [0.15, 0.2) is 5.82 Å². The molecule has 4 heteroatoms. The molecule has 0 aliphatic heterocycles. The minimum atomic E-state index is 0.816. The molecule has 48 heavy (non-hydrogen) atoms. The fourth-order valence-electron chi connectivity index (χ4n) is 8.30. The van der Waals surface area contributed by atoms with Crippen molar-refractivity contribution in [3.05, 3.63) is 152 Å². The molecule has 4 nitrogen and oxygen atoms in total. The lowest BCUT2D eigenvalue weighted by Gasteiger charge is -2.17. The molecule has 0 N–H and O–H groups in total. The number of fused-ring (bicyclic) bond motifs is 9. The number of benzene rings is 6. The number of aromatic nitrogens is 4. The first-order valence-corrected chi connectivity index (χ1v) is 16.6. The van der Waals surface area contributed by atoms with Crippen LogP contribution in [0.3, 0.4) is 0 Å². The van der Waals surface area contributed by atoms with Crippen molar-refractivity contribution in [1.29, 1.82) is 0 Å². The summed E-state index contributed by atoms with van der Waals surface area (Å²) in [4.78, 5) is 10.2. The van der Waals surface area contributed by atoms with Crippen molar-refractivity contribution in [3.8, 4) is 28.1 Å². The molecule has 0 atom stereocenters. The van der Waals surface area contributed by atoms with E-state index in [1.165, 1.54) is 71.1 Å². The second kappa shape index (κ2) is 9.63. The molecule has 6 aromatic carbocycles. The largest absolute Gasteiger partial charge is 0.309 e. The first-order chi connectivity index (χ1) is 23.8. The fraction of sp³-hybridized carbons (Fsp3) is 0.0455. The maximum absolute atomic E-state index is 5.24. The van der Waals surface area contributed by atoms with Gasteiger partial charge in [0, 0.05) is 50.3 Å². The van der Waals surface area contributed by atoms with Gasteiger partial charge < -0.3 is 9.13 Å². The second-order valence-electron chi connectivity index (χ2n) is 12.9. The molecule has 0 radical (unpaired) electrons. The monoisotopic (exact) mass is 612 g/mol. The van der Waals surface area contributed by atoms with Gasteiger partial charge in [-0.2, -0.15) is 0 Å². The van der Waals surface area contributed by atoms with Crippen LogP contribution in [0.5, 0.6) is 0 Å². The van der Waals surface area contributed by atoms with Crippen LogP contribution in [0.4, 0.5) is 0 Å². The van der Waals surface area contributed by atoms with Crippen molar-refractivity contribution in [3.63, 3.8) is 0 Å². The molecule has 2 aliphatic carbocycles. The van der Waals surface area contributed by atoms with Crippen LogP contribution in [0.15, 0.2) is 146 Å². The van der Waals surface area contributed by atoms with Gasteiger partial charge in [-0.05, 0) is 71.2 Å². The van der Waals surface area contributed by atoms with Gasteiger partial charge >= 0.3 is 0 Å². The van der Waals surface area contributed by atoms with Gasteiger partial charge in [0.1, 0.15) is 0 Å². The zero-order valence-electron chi connectivity index (χ0n) is 26.1.